The van der Waals surface area contributed by atoms with E-state index in [9.17, 15) is 4.79 Å². The van der Waals surface area contributed by atoms with Crippen LogP contribution in [0.3, 0.4) is 0 Å². The number of halogens is 1. The number of rotatable bonds is 6. The van der Waals surface area contributed by atoms with Crippen LogP contribution >= 0.6 is 22.9 Å². The molecule has 25 heavy (non-hydrogen) atoms. The molecule has 0 aliphatic carbocycles. The molecule has 1 aromatic carbocycles. The first-order chi connectivity index (χ1) is 12.1. The van der Waals surface area contributed by atoms with Gasteiger partial charge in [-0.1, -0.05) is 28.9 Å². The lowest BCUT2D eigenvalue weighted by molar-refractivity contribution is 0.0475. The number of hydrogen-bond donors (Lipinski definition) is 1. The average molecular weight is 377 g/mol. The van der Waals surface area contributed by atoms with E-state index in [4.69, 9.17) is 31.3 Å². The molecule has 0 unspecified atom stereocenters. The van der Waals surface area contributed by atoms with Crippen LogP contribution in [0.15, 0.2) is 63.5 Å². The van der Waals surface area contributed by atoms with Gasteiger partial charge in [0.2, 0.25) is 5.76 Å². The maximum absolute atomic E-state index is 11.9. The van der Waals surface area contributed by atoms with Gasteiger partial charge in [0.1, 0.15) is 18.1 Å². The van der Waals surface area contributed by atoms with Crippen LogP contribution in [-0.4, -0.2) is 11.8 Å². The summed E-state index contributed by atoms with van der Waals surface area (Å²) in [6.07, 6.45) is 0. The molecule has 2 heterocycles. The standard InChI is InChI=1S/C17H13ClN2O4S/c18-11-3-1-4-12(9-11)22-10-13-6-7-14(23-13)17(21)24-20-16(19)15-5-2-8-25-15/h1-9H,10H2,(H2,19,20). The number of carbonyl (C=O) groups excluding carboxylic acids is 1. The number of ether oxygens (including phenoxy) is 1. The third-order valence-electron chi connectivity index (χ3n) is 3.04. The van der Waals surface area contributed by atoms with Crippen LogP contribution < -0.4 is 10.5 Å². The molecule has 128 valence electrons. The van der Waals surface area contributed by atoms with E-state index in [2.05, 4.69) is 5.16 Å². The molecule has 0 aliphatic rings. The second-order valence-corrected chi connectivity index (χ2v) is 6.23. The molecule has 3 aromatic rings. The Morgan fingerprint density at radius 3 is 2.88 bits per heavy atom. The quantitative estimate of drug-likeness (QED) is 0.303. The Kier molecular flexibility index (Phi) is 5.37. The van der Waals surface area contributed by atoms with E-state index in [1.165, 1.54) is 17.4 Å². The summed E-state index contributed by atoms with van der Waals surface area (Å²) >= 11 is 7.27. The zero-order valence-electron chi connectivity index (χ0n) is 12.8. The van der Waals surface area contributed by atoms with Crippen LogP contribution in [0, 0.1) is 0 Å². The average Bonchev–Trinajstić information content (AvgIpc) is 3.29. The fourth-order valence-electron chi connectivity index (χ4n) is 1.88. The minimum absolute atomic E-state index is 0.00687. The molecule has 8 heteroatoms. The van der Waals surface area contributed by atoms with Gasteiger partial charge in [-0.2, -0.15) is 0 Å². The van der Waals surface area contributed by atoms with Crippen molar-refractivity contribution in [3.63, 3.8) is 0 Å². The molecule has 0 bridgehead atoms. The van der Waals surface area contributed by atoms with Gasteiger partial charge in [0.05, 0.1) is 4.88 Å². The maximum atomic E-state index is 11.9. The largest absolute Gasteiger partial charge is 0.486 e. The predicted octanol–water partition coefficient (Wildman–Crippen LogP) is 4.05. The summed E-state index contributed by atoms with van der Waals surface area (Å²) in [4.78, 5) is 17.4. The Hall–Kier alpha value is -2.77. The van der Waals surface area contributed by atoms with Gasteiger partial charge < -0.3 is 19.7 Å². The third-order valence-corrected chi connectivity index (χ3v) is 4.17. The summed E-state index contributed by atoms with van der Waals surface area (Å²) in [5.74, 6) is 0.448. The Morgan fingerprint density at radius 1 is 1.24 bits per heavy atom. The van der Waals surface area contributed by atoms with Crippen LogP contribution in [0.25, 0.3) is 0 Å². The van der Waals surface area contributed by atoms with Crippen LogP contribution in [0.2, 0.25) is 5.02 Å². The van der Waals surface area contributed by atoms with Crippen molar-refractivity contribution >= 4 is 34.7 Å². The minimum Gasteiger partial charge on any atom is -0.486 e. The highest BCUT2D eigenvalue weighted by Crippen LogP contribution is 2.19. The van der Waals surface area contributed by atoms with Crippen molar-refractivity contribution in [2.75, 3.05) is 0 Å². The molecule has 0 fully saturated rings. The van der Waals surface area contributed by atoms with Gasteiger partial charge in [0, 0.05) is 5.02 Å². The number of hydrogen-bond acceptors (Lipinski definition) is 6. The molecule has 6 nitrogen and oxygen atoms in total. The predicted molar refractivity (Wildman–Crippen MR) is 95.0 cm³/mol. The SMILES string of the molecule is N/C(=N\OC(=O)c1ccc(COc2cccc(Cl)c2)o1)c1cccs1. The highest BCUT2D eigenvalue weighted by molar-refractivity contribution is 7.12. The topological polar surface area (TPSA) is 87.1 Å². The van der Waals surface area contributed by atoms with E-state index in [1.807, 2.05) is 11.4 Å². The van der Waals surface area contributed by atoms with Crippen molar-refractivity contribution in [1.29, 1.82) is 0 Å². The van der Waals surface area contributed by atoms with Crippen molar-refractivity contribution in [3.05, 3.63) is 75.3 Å². The molecule has 2 N–H and O–H groups in total. The summed E-state index contributed by atoms with van der Waals surface area (Å²) in [6, 6.07) is 13.7. The van der Waals surface area contributed by atoms with Gasteiger partial charge in [-0.05, 0) is 41.8 Å². The van der Waals surface area contributed by atoms with E-state index in [0.717, 1.165) is 0 Å². The molecule has 3 rings (SSSR count). The van der Waals surface area contributed by atoms with Crippen molar-refractivity contribution in [1.82, 2.24) is 0 Å². The Bertz CT molecular complexity index is 890. The molecule has 0 radical (unpaired) electrons. The van der Waals surface area contributed by atoms with Crippen LogP contribution in [-0.2, 0) is 11.4 Å². The summed E-state index contributed by atoms with van der Waals surface area (Å²) in [5.41, 5.74) is 5.72. The first-order valence-electron chi connectivity index (χ1n) is 7.17. The molecular formula is C17H13ClN2O4S. The minimum atomic E-state index is -0.742. The number of nitrogens with two attached hydrogens (primary N) is 1. The van der Waals surface area contributed by atoms with E-state index in [-0.39, 0.29) is 18.2 Å². The lowest BCUT2D eigenvalue weighted by Gasteiger charge is -2.04. The maximum Gasteiger partial charge on any atom is 0.400 e. The number of benzene rings is 1. The first kappa shape index (κ1) is 17.1. The van der Waals surface area contributed by atoms with E-state index in [0.29, 0.717) is 21.4 Å². The number of carbonyl (C=O) groups is 1. The second kappa shape index (κ2) is 7.87. The van der Waals surface area contributed by atoms with E-state index < -0.39 is 5.97 Å². The fourth-order valence-corrected chi connectivity index (χ4v) is 2.68. The lowest BCUT2D eigenvalue weighted by Crippen LogP contribution is -2.13. The highest BCUT2D eigenvalue weighted by atomic mass is 35.5. The van der Waals surface area contributed by atoms with Gasteiger partial charge >= 0.3 is 5.97 Å². The molecular weight excluding hydrogens is 364 g/mol. The monoisotopic (exact) mass is 376 g/mol. The zero-order chi connectivity index (χ0) is 17.6. The highest BCUT2D eigenvalue weighted by Gasteiger charge is 2.14. The Balaban J connectivity index is 1.57. The normalized spacial score (nSPS) is 11.3. The van der Waals surface area contributed by atoms with Crippen molar-refractivity contribution in [2.24, 2.45) is 10.9 Å². The summed E-state index contributed by atoms with van der Waals surface area (Å²) in [7, 11) is 0. The van der Waals surface area contributed by atoms with E-state index in [1.54, 1.807) is 36.4 Å². The van der Waals surface area contributed by atoms with Crippen LogP contribution in [0.5, 0.6) is 5.75 Å². The van der Waals surface area contributed by atoms with Gasteiger partial charge in [-0.15, -0.1) is 11.3 Å². The lowest BCUT2D eigenvalue weighted by atomic mass is 10.3. The van der Waals surface area contributed by atoms with Crippen molar-refractivity contribution < 1.29 is 18.8 Å². The third kappa shape index (κ3) is 4.62. The Morgan fingerprint density at radius 2 is 2.12 bits per heavy atom. The molecule has 0 saturated carbocycles. The summed E-state index contributed by atoms with van der Waals surface area (Å²) in [6.45, 7) is 0.147. The zero-order valence-corrected chi connectivity index (χ0v) is 14.4. The summed E-state index contributed by atoms with van der Waals surface area (Å²) < 4.78 is 10.9. The molecule has 0 amide bonds. The fraction of sp³-hybridized carbons (Fsp3) is 0.0588. The van der Waals surface area contributed by atoms with Gasteiger partial charge in [0.15, 0.2) is 5.84 Å². The van der Waals surface area contributed by atoms with Gasteiger partial charge in [0.25, 0.3) is 0 Å². The Labute approximate surface area is 152 Å². The first-order valence-corrected chi connectivity index (χ1v) is 8.43. The summed E-state index contributed by atoms with van der Waals surface area (Å²) in [5, 5.41) is 6.02. The molecule has 0 atom stereocenters. The van der Waals surface area contributed by atoms with Gasteiger partial charge in [-0.3, -0.25) is 0 Å². The number of nitrogens with zero attached hydrogens (tertiary/aromatic N) is 1. The number of oxime groups is 1. The number of thiophene rings is 1. The number of furan rings is 1. The van der Waals surface area contributed by atoms with Crippen molar-refractivity contribution in [3.8, 4) is 5.75 Å². The number of amidine groups is 1. The van der Waals surface area contributed by atoms with E-state index >= 15 is 0 Å². The van der Waals surface area contributed by atoms with Gasteiger partial charge in [-0.25, -0.2) is 4.79 Å². The molecule has 0 spiro atoms. The molecule has 2 aromatic heterocycles. The smallest absolute Gasteiger partial charge is 0.400 e. The molecule has 0 aliphatic heterocycles. The van der Waals surface area contributed by atoms with Crippen molar-refractivity contribution in [2.45, 2.75) is 6.61 Å². The molecule has 0 saturated heterocycles. The van der Waals surface area contributed by atoms with Crippen LogP contribution in [0.4, 0.5) is 0 Å². The van der Waals surface area contributed by atoms with Crippen LogP contribution in [0.1, 0.15) is 21.2 Å². The second-order valence-electron chi connectivity index (χ2n) is 4.84.